The van der Waals surface area contributed by atoms with Crippen molar-refractivity contribution in [2.45, 2.75) is 26.3 Å². The summed E-state index contributed by atoms with van der Waals surface area (Å²) in [5.41, 5.74) is 0.974. The molecule has 1 aromatic heterocycles. The van der Waals surface area contributed by atoms with Crippen LogP contribution in [0.15, 0.2) is 12.4 Å². The molecule has 1 heterocycles. The molecular weight excluding hydrogens is 169 g/mol. The molecule has 0 fully saturated rings. The smallest absolute Gasteiger partial charge is 0.109 e. The van der Waals surface area contributed by atoms with E-state index < -0.39 is 0 Å². The third-order valence-electron chi connectivity index (χ3n) is 1.81. The zero-order chi connectivity index (χ0) is 9.52. The van der Waals surface area contributed by atoms with Crippen LogP contribution in [-0.2, 0) is 6.54 Å². The standard InChI is InChI=1S/C9H16FN3/c1-2-3-5-11-9-7-12-13(8-9)6-4-10/h7-8,11H,2-6H2,1H3. The average Bonchev–Trinajstić information content (AvgIpc) is 2.54. The van der Waals surface area contributed by atoms with Gasteiger partial charge in [-0.15, -0.1) is 0 Å². The molecule has 0 amide bonds. The molecule has 0 aliphatic heterocycles. The van der Waals surface area contributed by atoms with Gasteiger partial charge in [0.2, 0.25) is 0 Å². The number of alkyl halides is 1. The molecule has 4 heteroatoms. The summed E-state index contributed by atoms with van der Waals surface area (Å²) in [7, 11) is 0. The average molecular weight is 185 g/mol. The van der Waals surface area contributed by atoms with Crippen LogP contribution in [-0.4, -0.2) is 23.0 Å². The van der Waals surface area contributed by atoms with E-state index in [1.807, 2.05) is 6.20 Å². The topological polar surface area (TPSA) is 29.9 Å². The first kappa shape index (κ1) is 10.0. The van der Waals surface area contributed by atoms with Crippen molar-refractivity contribution >= 4 is 5.69 Å². The zero-order valence-corrected chi connectivity index (χ0v) is 7.96. The molecule has 1 N–H and O–H groups in total. The van der Waals surface area contributed by atoms with Crippen molar-refractivity contribution in [3.63, 3.8) is 0 Å². The summed E-state index contributed by atoms with van der Waals surface area (Å²) in [4.78, 5) is 0. The number of rotatable bonds is 6. The number of unbranched alkanes of at least 4 members (excludes halogenated alkanes) is 1. The van der Waals surface area contributed by atoms with Crippen molar-refractivity contribution in [1.29, 1.82) is 0 Å². The SMILES string of the molecule is CCCCNc1cnn(CCF)c1. The molecule has 0 aromatic carbocycles. The van der Waals surface area contributed by atoms with Crippen LogP contribution in [0, 0.1) is 0 Å². The van der Waals surface area contributed by atoms with E-state index in [-0.39, 0.29) is 6.67 Å². The van der Waals surface area contributed by atoms with E-state index in [2.05, 4.69) is 17.3 Å². The zero-order valence-electron chi connectivity index (χ0n) is 7.96. The van der Waals surface area contributed by atoms with Gasteiger partial charge >= 0.3 is 0 Å². The summed E-state index contributed by atoms with van der Waals surface area (Å²) in [6.07, 6.45) is 5.88. The maximum absolute atomic E-state index is 11.9. The Balaban J connectivity index is 2.31. The van der Waals surface area contributed by atoms with E-state index in [0.717, 1.165) is 18.7 Å². The molecule has 0 radical (unpaired) electrons. The van der Waals surface area contributed by atoms with Gasteiger partial charge in [-0.05, 0) is 6.42 Å². The maximum atomic E-state index is 11.9. The fraction of sp³-hybridized carbons (Fsp3) is 0.667. The minimum absolute atomic E-state index is 0.343. The second-order valence-corrected chi connectivity index (χ2v) is 2.96. The number of aromatic nitrogens is 2. The summed E-state index contributed by atoms with van der Waals surface area (Å²) in [6.45, 7) is 3.08. The molecule has 13 heavy (non-hydrogen) atoms. The number of anilines is 1. The van der Waals surface area contributed by atoms with E-state index in [0.29, 0.717) is 6.54 Å². The fourth-order valence-corrected chi connectivity index (χ4v) is 1.07. The van der Waals surface area contributed by atoms with Crippen molar-refractivity contribution in [2.24, 2.45) is 0 Å². The summed E-state index contributed by atoms with van der Waals surface area (Å²) in [5, 5.41) is 7.22. The molecular formula is C9H16FN3. The number of hydrogen-bond acceptors (Lipinski definition) is 2. The highest BCUT2D eigenvalue weighted by molar-refractivity contribution is 5.37. The number of aryl methyl sites for hydroxylation is 1. The van der Waals surface area contributed by atoms with Crippen LogP contribution in [0.2, 0.25) is 0 Å². The highest BCUT2D eigenvalue weighted by Gasteiger charge is 1.96. The Hall–Kier alpha value is -1.06. The molecule has 0 aliphatic rings. The third-order valence-corrected chi connectivity index (χ3v) is 1.81. The van der Waals surface area contributed by atoms with E-state index in [4.69, 9.17) is 0 Å². The Kier molecular flexibility index (Phi) is 4.29. The van der Waals surface area contributed by atoms with Crippen molar-refractivity contribution in [3.05, 3.63) is 12.4 Å². The predicted molar refractivity (Wildman–Crippen MR) is 51.6 cm³/mol. The van der Waals surface area contributed by atoms with Crippen LogP contribution >= 0.6 is 0 Å². The largest absolute Gasteiger partial charge is 0.383 e. The summed E-state index contributed by atoms with van der Waals surface area (Å²) < 4.78 is 13.5. The first-order valence-corrected chi connectivity index (χ1v) is 4.69. The number of halogens is 1. The lowest BCUT2D eigenvalue weighted by Gasteiger charge is -2.00. The predicted octanol–water partition coefficient (Wildman–Crippen LogP) is 2.06. The number of nitrogens with zero attached hydrogens (tertiary/aromatic N) is 2. The van der Waals surface area contributed by atoms with Crippen molar-refractivity contribution in [2.75, 3.05) is 18.5 Å². The monoisotopic (exact) mass is 185 g/mol. The van der Waals surface area contributed by atoms with Crippen molar-refractivity contribution in [1.82, 2.24) is 9.78 Å². The van der Waals surface area contributed by atoms with Crippen LogP contribution < -0.4 is 5.32 Å². The van der Waals surface area contributed by atoms with Gasteiger partial charge in [0.05, 0.1) is 18.4 Å². The number of hydrogen-bond donors (Lipinski definition) is 1. The van der Waals surface area contributed by atoms with Gasteiger partial charge in [-0.2, -0.15) is 5.10 Å². The van der Waals surface area contributed by atoms with Gasteiger partial charge in [0, 0.05) is 12.7 Å². The molecule has 0 saturated carbocycles. The molecule has 1 rings (SSSR count). The molecule has 0 bridgehead atoms. The van der Waals surface area contributed by atoms with E-state index in [1.165, 1.54) is 6.42 Å². The summed E-state index contributed by atoms with van der Waals surface area (Å²) in [6, 6.07) is 0. The quantitative estimate of drug-likeness (QED) is 0.687. The molecule has 3 nitrogen and oxygen atoms in total. The highest BCUT2D eigenvalue weighted by Crippen LogP contribution is 2.04. The van der Waals surface area contributed by atoms with Crippen molar-refractivity contribution < 1.29 is 4.39 Å². The van der Waals surface area contributed by atoms with Gasteiger partial charge < -0.3 is 5.32 Å². The van der Waals surface area contributed by atoms with Crippen LogP contribution in [0.3, 0.4) is 0 Å². The Bertz CT molecular complexity index is 235. The van der Waals surface area contributed by atoms with Gasteiger partial charge in [0.25, 0.3) is 0 Å². The highest BCUT2D eigenvalue weighted by atomic mass is 19.1. The maximum Gasteiger partial charge on any atom is 0.109 e. The fourth-order valence-electron chi connectivity index (χ4n) is 1.07. The Morgan fingerprint density at radius 2 is 2.46 bits per heavy atom. The Morgan fingerprint density at radius 1 is 1.62 bits per heavy atom. The van der Waals surface area contributed by atoms with Gasteiger partial charge in [0.15, 0.2) is 0 Å². The van der Waals surface area contributed by atoms with Crippen LogP contribution in [0.25, 0.3) is 0 Å². The van der Waals surface area contributed by atoms with Crippen LogP contribution in [0.4, 0.5) is 10.1 Å². The normalized spacial score (nSPS) is 10.3. The van der Waals surface area contributed by atoms with Gasteiger partial charge in [-0.25, -0.2) is 4.39 Å². The molecule has 0 spiro atoms. The van der Waals surface area contributed by atoms with Crippen LogP contribution in [0.1, 0.15) is 19.8 Å². The lowest BCUT2D eigenvalue weighted by Crippen LogP contribution is -2.01. The Morgan fingerprint density at radius 3 is 3.15 bits per heavy atom. The van der Waals surface area contributed by atoms with Crippen molar-refractivity contribution in [3.8, 4) is 0 Å². The van der Waals surface area contributed by atoms with E-state index in [1.54, 1.807) is 10.9 Å². The molecule has 0 atom stereocenters. The molecule has 1 aromatic rings. The minimum Gasteiger partial charge on any atom is -0.383 e. The second-order valence-electron chi connectivity index (χ2n) is 2.96. The third kappa shape index (κ3) is 3.44. The van der Waals surface area contributed by atoms with Gasteiger partial charge in [-0.3, -0.25) is 4.68 Å². The van der Waals surface area contributed by atoms with Gasteiger partial charge in [0.1, 0.15) is 6.67 Å². The molecule has 0 aliphatic carbocycles. The second kappa shape index (κ2) is 5.56. The van der Waals surface area contributed by atoms with Gasteiger partial charge in [-0.1, -0.05) is 13.3 Å². The molecule has 0 saturated heterocycles. The minimum atomic E-state index is -0.365. The molecule has 0 unspecified atom stereocenters. The Labute approximate surface area is 77.9 Å². The number of nitrogens with one attached hydrogen (secondary N) is 1. The lowest BCUT2D eigenvalue weighted by molar-refractivity contribution is 0.427. The summed E-state index contributed by atoms with van der Waals surface area (Å²) in [5.74, 6) is 0. The first-order valence-electron chi connectivity index (χ1n) is 4.69. The molecule has 74 valence electrons. The van der Waals surface area contributed by atoms with E-state index in [9.17, 15) is 4.39 Å². The lowest BCUT2D eigenvalue weighted by atomic mass is 10.3. The first-order chi connectivity index (χ1) is 6.36. The van der Waals surface area contributed by atoms with E-state index >= 15 is 0 Å². The summed E-state index contributed by atoms with van der Waals surface area (Å²) >= 11 is 0. The van der Waals surface area contributed by atoms with Crippen LogP contribution in [0.5, 0.6) is 0 Å².